The lowest BCUT2D eigenvalue weighted by atomic mass is 10.1. The van der Waals surface area contributed by atoms with Crippen molar-refractivity contribution >= 4 is 47.6 Å². The third-order valence-corrected chi connectivity index (χ3v) is 4.74. The number of aliphatic imine (C=N–C) groups is 1. The molecule has 1 heterocycles. The molecule has 0 unspecified atom stereocenters. The first-order valence-electron chi connectivity index (χ1n) is 8.56. The number of hydrogen-bond donors (Lipinski definition) is 2. The number of nitrogens with zero attached hydrogens (tertiary/aromatic N) is 2. The standard InChI is InChI=1S/C18H28N4OS.HI/c1-19-18(20-10-13-24-2)21-14-15-6-8-16(9-7-15)17(23)22-11-4-3-5-12-22;/h6-9H,3-5,10-14H2,1-2H3,(H2,19,20,21);1H. The summed E-state index contributed by atoms with van der Waals surface area (Å²) in [7, 11) is 1.77. The molecule has 7 heteroatoms. The van der Waals surface area contributed by atoms with Gasteiger partial charge in [-0.3, -0.25) is 9.79 Å². The lowest BCUT2D eigenvalue weighted by molar-refractivity contribution is 0.0724. The van der Waals surface area contributed by atoms with Crippen LogP contribution in [0.4, 0.5) is 0 Å². The Morgan fingerprint density at radius 3 is 2.44 bits per heavy atom. The molecular weight excluding hydrogens is 447 g/mol. The van der Waals surface area contributed by atoms with Crippen molar-refractivity contribution in [1.29, 1.82) is 0 Å². The SMILES string of the molecule is CN=C(NCCSC)NCc1ccc(C(=O)N2CCCCC2)cc1.I. The van der Waals surface area contributed by atoms with Crippen molar-refractivity contribution in [3.63, 3.8) is 0 Å². The van der Waals surface area contributed by atoms with Crippen LogP contribution in [-0.4, -0.2) is 55.5 Å². The molecule has 5 nitrogen and oxygen atoms in total. The number of guanidine groups is 1. The molecule has 1 aliphatic heterocycles. The molecule has 1 aromatic rings. The molecule has 140 valence electrons. The second kappa shape index (κ2) is 12.4. The van der Waals surface area contributed by atoms with Gasteiger partial charge in [-0.1, -0.05) is 12.1 Å². The van der Waals surface area contributed by atoms with Crippen LogP contribution in [0.1, 0.15) is 35.2 Å². The van der Waals surface area contributed by atoms with Gasteiger partial charge in [0.1, 0.15) is 0 Å². The van der Waals surface area contributed by atoms with E-state index in [-0.39, 0.29) is 29.9 Å². The molecule has 1 amide bonds. The van der Waals surface area contributed by atoms with Gasteiger partial charge in [-0.2, -0.15) is 11.8 Å². The van der Waals surface area contributed by atoms with E-state index in [1.807, 2.05) is 29.2 Å². The molecule has 0 atom stereocenters. The minimum atomic E-state index is 0. The zero-order valence-electron chi connectivity index (χ0n) is 15.1. The molecule has 1 aromatic carbocycles. The Morgan fingerprint density at radius 1 is 1.16 bits per heavy atom. The Kier molecular flexibility index (Phi) is 11.0. The molecule has 0 radical (unpaired) electrons. The summed E-state index contributed by atoms with van der Waals surface area (Å²) in [6.07, 6.45) is 5.57. The van der Waals surface area contributed by atoms with Gasteiger partial charge >= 0.3 is 0 Å². The third-order valence-electron chi connectivity index (χ3n) is 4.13. The van der Waals surface area contributed by atoms with Crippen LogP contribution in [0.15, 0.2) is 29.3 Å². The van der Waals surface area contributed by atoms with E-state index in [9.17, 15) is 4.79 Å². The number of rotatable bonds is 6. The Labute approximate surface area is 172 Å². The molecule has 2 N–H and O–H groups in total. The first-order valence-corrected chi connectivity index (χ1v) is 9.95. The highest BCUT2D eigenvalue weighted by molar-refractivity contribution is 14.0. The van der Waals surface area contributed by atoms with Crippen molar-refractivity contribution in [2.24, 2.45) is 4.99 Å². The van der Waals surface area contributed by atoms with Crippen molar-refractivity contribution < 1.29 is 4.79 Å². The minimum Gasteiger partial charge on any atom is -0.356 e. The van der Waals surface area contributed by atoms with E-state index in [0.29, 0.717) is 6.54 Å². The fraction of sp³-hybridized carbons (Fsp3) is 0.556. The molecule has 0 saturated carbocycles. The van der Waals surface area contributed by atoms with Gasteiger partial charge in [-0.25, -0.2) is 0 Å². The Morgan fingerprint density at radius 2 is 1.84 bits per heavy atom. The average Bonchev–Trinajstić information content (AvgIpc) is 2.65. The van der Waals surface area contributed by atoms with Crippen LogP contribution in [0.5, 0.6) is 0 Å². The van der Waals surface area contributed by atoms with Crippen molar-refractivity contribution in [2.75, 3.05) is 38.7 Å². The average molecular weight is 476 g/mol. The lowest BCUT2D eigenvalue weighted by Crippen LogP contribution is -2.38. The minimum absolute atomic E-state index is 0. The van der Waals surface area contributed by atoms with Gasteiger partial charge in [0.25, 0.3) is 5.91 Å². The fourth-order valence-electron chi connectivity index (χ4n) is 2.72. The van der Waals surface area contributed by atoms with Gasteiger partial charge in [-0.05, 0) is 43.2 Å². The van der Waals surface area contributed by atoms with Crippen molar-refractivity contribution in [3.8, 4) is 0 Å². The molecule has 0 bridgehead atoms. The fourth-order valence-corrected chi connectivity index (χ4v) is 3.03. The van der Waals surface area contributed by atoms with Gasteiger partial charge in [0.05, 0.1) is 0 Å². The summed E-state index contributed by atoms with van der Waals surface area (Å²) in [5.41, 5.74) is 1.92. The normalized spacial score (nSPS) is 14.6. The smallest absolute Gasteiger partial charge is 0.253 e. The van der Waals surface area contributed by atoms with Crippen molar-refractivity contribution in [1.82, 2.24) is 15.5 Å². The summed E-state index contributed by atoms with van der Waals surface area (Å²) in [5, 5.41) is 6.56. The van der Waals surface area contributed by atoms with Crippen molar-refractivity contribution in [2.45, 2.75) is 25.8 Å². The number of likely N-dealkylation sites (tertiary alicyclic amines) is 1. The molecule has 0 aliphatic carbocycles. The summed E-state index contributed by atoms with van der Waals surface area (Å²) in [6, 6.07) is 7.88. The van der Waals surface area contributed by atoms with E-state index in [0.717, 1.165) is 55.3 Å². The van der Waals surface area contributed by atoms with E-state index >= 15 is 0 Å². The largest absolute Gasteiger partial charge is 0.356 e. The van der Waals surface area contributed by atoms with Gasteiger partial charge < -0.3 is 15.5 Å². The molecule has 25 heavy (non-hydrogen) atoms. The molecule has 0 spiro atoms. The summed E-state index contributed by atoms with van der Waals surface area (Å²) >= 11 is 1.80. The number of carbonyl (C=O) groups excluding carboxylic acids is 1. The highest BCUT2D eigenvalue weighted by Crippen LogP contribution is 2.13. The summed E-state index contributed by atoms with van der Waals surface area (Å²) in [6.45, 7) is 3.36. The summed E-state index contributed by atoms with van der Waals surface area (Å²) in [4.78, 5) is 18.6. The zero-order chi connectivity index (χ0) is 17.2. The quantitative estimate of drug-likeness (QED) is 0.287. The molecule has 1 aliphatic rings. The highest BCUT2D eigenvalue weighted by atomic mass is 127. The lowest BCUT2D eigenvalue weighted by Gasteiger charge is -2.26. The van der Waals surface area contributed by atoms with Gasteiger partial charge in [0, 0.05) is 44.5 Å². The number of benzene rings is 1. The molecular formula is C18H29IN4OS. The first-order chi connectivity index (χ1) is 11.7. The van der Waals surface area contributed by atoms with Gasteiger partial charge in [0.15, 0.2) is 5.96 Å². The molecule has 0 aromatic heterocycles. The zero-order valence-corrected chi connectivity index (χ0v) is 18.2. The van der Waals surface area contributed by atoms with Crippen LogP contribution in [0.2, 0.25) is 0 Å². The maximum absolute atomic E-state index is 12.4. The van der Waals surface area contributed by atoms with Gasteiger partial charge in [-0.15, -0.1) is 24.0 Å². The van der Waals surface area contributed by atoms with E-state index < -0.39 is 0 Å². The van der Waals surface area contributed by atoms with Crippen LogP contribution in [0, 0.1) is 0 Å². The van der Waals surface area contributed by atoms with E-state index in [1.165, 1.54) is 6.42 Å². The van der Waals surface area contributed by atoms with E-state index in [1.54, 1.807) is 18.8 Å². The van der Waals surface area contributed by atoms with Crippen LogP contribution >= 0.6 is 35.7 Å². The number of amides is 1. The Bertz CT molecular complexity index is 545. The number of carbonyl (C=O) groups is 1. The van der Waals surface area contributed by atoms with Crippen molar-refractivity contribution in [3.05, 3.63) is 35.4 Å². The Balaban J connectivity index is 0.00000312. The summed E-state index contributed by atoms with van der Waals surface area (Å²) < 4.78 is 0. The number of nitrogens with one attached hydrogen (secondary N) is 2. The maximum atomic E-state index is 12.4. The summed E-state index contributed by atoms with van der Waals surface area (Å²) in [5.74, 6) is 2.01. The Hall–Kier alpha value is -0.960. The van der Waals surface area contributed by atoms with Crippen LogP contribution < -0.4 is 10.6 Å². The van der Waals surface area contributed by atoms with E-state index in [2.05, 4.69) is 21.9 Å². The molecule has 1 saturated heterocycles. The molecule has 1 fully saturated rings. The predicted octanol–water partition coefficient (Wildman–Crippen LogP) is 2.96. The van der Waals surface area contributed by atoms with Crippen LogP contribution in [-0.2, 0) is 6.54 Å². The van der Waals surface area contributed by atoms with E-state index in [4.69, 9.17) is 0 Å². The third kappa shape index (κ3) is 7.43. The second-order valence-corrected chi connectivity index (χ2v) is 6.88. The second-order valence-electron chi connectivity index (χ2n) is 5.90. The molecule has 2 rings (SSSR count). The number of thioether (sulfide) groups is 1. The topological polar surface area (TPSA) is 56.7 Å². The number of hydrogen-bond acceptors (Lipinski definition) is 3. The first kappa shape index (κ1) is 22.1. The highest BCUT2D eigenvalue weighted by Gasteiger charge is 2.17. The predicted molar refractivity (Wildman–Crippen MR) is 118 cm³/mol. The number of halogens is 1. The van der Waals surface area contributed by atoms with Crippen LogP contribution in [0.25, 0.3) is 0 Å². The van der Waals surface area contributed by atoms with Gasteiger partial charge in [0.2, 0.25) is 0 Å². The number of piperidine rings is 1. The maximum Gasteiger partial charge on any atom is 0.253 e. The monoisotopic (exact) mass is 476 g/mol. The van der Waals surface area contributed by atoms with Crippen LogP contribution in [0.3, 0.4) is 0 Å².